The van der Waals surface area contributed by atoms with Gasteiger partial charge in [0.05, 0.1) is 6.61 Å². The number of nitrogens with zero attached hydrogens (tertiary/aromatic N) is 3. The molecule has 2 heterocycles. The van der Waals surface area contributed by atoms with Crippen molar-refractivity contribution in [1.29, 1.82) is 0 Å². The van der Waals surface area contributed by atoms with Gasteiger partial charge in [0.15, 0.2) is 0 Å². The van der Waals surface area contributed by atoms with Crippen LogP contribution >= 0.6 is 0 Å². The van der Waals surface area contributed by atoms with Gasteiger partial charge in [-0.3, -0.25) is 0 Å². The molecule has 1 aromatic heterocycles. The number of aromatic nitrogens is 1. The molecular weight excluding hydrogens is 206 g/mol. The van der Waals surface area contributed by atoms with Gasteiger partial charge in [-0.05, 0) is 9.85 Å². The normalized spacial score (nSPS) is 13.1. The Morgan fingerprint density at radius 1 is 1.33 bits per heavy atom. The van der Waals surface area contributed by atoms with Crippen LogP contribution < -0.4 is 4.74 Å². The summed E-state index contributed by atoms with van der Waals surface area (Å²) in [5, 5.41) is 21.0. The van der Waals surface area contributed by atoms with Crippen molar-refractivity contribution in [1.82, 2.24) is 4.98 Å². The molecule has 0 radical (unpaired) electrons. The van der Waals surface area contributed by atoms with Crippen molar-refractivity contribution in [2.24, 2.45) is 0 Å². The number of pyridine rings is 1. The van der Waals surface area contributed by atoms with Crippen LogP contribution in [0.15, 0.2) is 6.07 Å². The van der Waals surface area contributed by atoms with E-state index in [9.17, 15) is 20.2 Å². The average molecular weight is 211 g/mol. The van der Waals surface area contributed by atoms with E-state index in [4.69, 9.17) is 4.74 Å². The Labute approximate surface area is 82.8 Å². The van der Waals surface area contributed by atoms with Crippen molar-refractivity contribution in [2.75, 3.05) is 6.61 Å². The van der Waals surface area contributed by atoms with E-state index in [2.05, 4.69) is 4.98 Å². The number of rotatable bonds is 2. The van der Waals surface area contributed by atoms with Crippen LogP contribution in [0, 0.1) is 20.2 Å². The molecule has 0 N–H and O–H groups in total. The molecule has 78 valence electrons. The molecule has 1 aliphatic rings. The Balaban J connectivity index is 2.62. The van der Waals surface area contributed by atoms with Gasteiger partial charge in [0.25, 0.3) is 0 Å². The largest absolute Gasteiger partial charge is 0.485 e. The Morgan fingerprint density at radius 2 is 2.07 bits per heavy atom. The van der Waals surface area contributed by atoms with E-state index in [1.807, 2.05) is 0 Å². The minimum atomic E-state index is -0.781. The molecule has 15 heavy (non-hydrogen) atoms. The monoisotopic (exact) mass is 211 g/mol. The standard InChI is InChI=1S/C7H5N3O5/c11-9(12)5-3-4-1-2-15-6(4)7(8-5)10(13)14/h3H,1-2H2. The highest BCUT2D eigenvalue weighted by atomic mass is 16.6. The van der Waals surface area contributed by atoms with Crippen LogP contribution in [0.5, 0.6) is 5.75 Å². The molecule has 0 amide bonds. The van der Waals surface area contributed by atoms with Gasteiger partial charge in [-0.2, -0.15) is 0 Å². The van der Waals surface area contributed by atoms with E-state index in [0.29, 0.717) is 18.6 Å². The summed E-state index contributed by atoms with van der Waals surface area (Å²) in [5.74, 6) is -1.06. The van der Waals surface area contributed by atoms with Crippen LogP contribution in [0.1, 0.15) is 5.56 Å². The van der Waals surface area contributed by atoms with Crippen LogP contribution in [0.4, 0.5) is 11.6 Å². The quantitative estimate of drug-likeness (QED) is 0.529. The lowest BCUT2D eigenvalue weighted by atomic mass is 10.2. The molecule has 0 unspecified atom stereocenters. The highest BCUT2D eigenvalue weighted by Gasteiger charge is 2.29. The first-order chi connectivity index (χ1) is 7.09. The maximum Gasteiger partial charge on any atom is 0.410 e. The van der Waals surface area contributed by atoms with Crippen molar-refractivity contribution in [3.05, 3.63) is 31.9 Å². The second kappa shape index (κ2) is 3.15. The zero-order chi connectivity index (χ0) is 11.0. The summed E-state index contributed by atoms with van der Waals surface area (Å²) < 4.78 is 5.00. The molecule has 0 saturated carbocycles. The van der Waals surface area contributed by atoms with Crippen LogP contribution in [-0.4, -0.2) is 21.4 Å². The van der Waals surface area contributed by atoms with Gasteiger partial charge in [-0.1, -0.05) is 0 Å². The molecule has 0 atom stereocenters. The van der Waals surface area contributed by atoms with Gasteiger partial charge in [0.1, 0.15) is 0 Å². The highest BCUT2D eigenvalue weighted by molar-refractivity contribution is 5.52. The van der Waals surface area contributed by atoms with Crippen LogP contribution in [0.2, 0.25) is 0 Å². The number of ether oxygens (including phenoxy) is 1. The zero-order valence-electron chi connectivity index (χ0n) is 7.37. The lowest BCUT2D eigenvalue weighted by Gasteiger charge is -2.00. The van der Waals surface area contributed by atoms with Gasteiger partial charge < -0.3 is 25.0 Å². The number of nitro groups is 2. The molecule has 0 saturated heterocycles. The van der Waals surface area contributed by atoms with Crippen LogP contribution in [-0.2, 0) is 6.42 Å². The minimum Gasteiger partial charge on any atom is -0.485 e. The first kappa shape index (κ1) is 9.31. The molecule has 8 nitrogen and oxygen atoms in total. The van der Waals surface area contributed by atoms with Crippen LogP contribution in [0.3, 0.4) is 0 Å². The van der Waals surface area contributed by atoms with Crippen molar-refractivity contribution in [3.63, 3.8) is 0 Å². The summed E-state index contributed by atoms with van der Waals surface area (Å²) in [6, 6.07) is 1.20. The predicted octanol–water partition coefficient (Wildman–Crippen LogP) is 0.833. The molecule has 0 fully saturated rings. The summed E-state index contributed by atoms with van der Waals surface area (Å²) >= 11 is 0. The van der Waals surface area contributed by atoms with Gasteiger partial charge in [-0.25, -0.2) is 0 Å². The Hall–Kier alpha value is -2.25. The summed E-state index contributed by atoms with van der Waals surface area (Å²) in [7, 11) is 0. The van der Waals surface area contributed by atoms with Gasteiger partial charge >= 0.3 is 11.6 Å². The smallest absolute Gasteiger partial charge is 0.410 e. The van der Waals surface area contributed by atoms with E-state index in [1.54, 1.807) is 0 Å². The van der Waals surface area contributed by atoms with Gasteiger partial charge in [0.2, 0.25) is 5.75 Å². The topological polar surface area (TPSA) is 108 Å². The molecule has 0 aromatic carbocycles. The van der Waals surface area contributed by atoms with E-state index >= 15 is 0 Å². The Morgan fingerprint density at radius 3 is 2.67 bits per heavy atom. The summed E-state index contributed by atoms with van der Waals surface area (Å²) in [5.41, 5.74) is 0.461. The molecule has 0 bridgehead atoms. The minimum absolute atomic E-state index is 0.0469. The Bertz CT molecular complexity index is 458. The number of fused-ring (bicyclic) bond motifs is 1. The molecule has 0 aliphatic carbocycles. The third-order valence-corrected chi connectivity index (χ3v) is 2.00. The van der Waals surface area contributed by atoms with Crippen molar-refractivity contribution >= 4 is 11.6 Å². The first-order valence-corrected chi connectivity index (χ1v) is 4.05. The summed E-state index contributed by atoms with van der Waals surface area (Å²) in [6.45, 7) is 0.291. The molecule has 1 aromatic rings. The second-order valence-corrected chi connectivity index (χ2v) is 2.90. The van der Waals surface area contributed by atoms with Crippen molar-refractivity contribution in [3.8, 4) is 5.75 Å². The molecule has 0 spiro atoms. The molecular formula is C7H5N3O5. The Kier molecular flexibility index (Phi) is 1.96. The fraction of sp³-hybridized carbons (Fsp3) is 0.286. The second-order valence-electron chi connectivity index (χ2n) is 2.90. The van der Waals surface area contributed by atoms with Crippen molar-refractivity contribution < 1.29 is 14.6 Å². The highest BCUT2D eigenvalue weighted by Crippen LogP contribution is 2.35. The third-order valence-electron chi connectivity index (χ3n) is 2.00. The lowest BCUT2D eigenvalue weighted by molar-refractivity contribution is -0.403. The van der Waals surface area contributed by atoms with Crippen molar-refractivity contribution in [2.45, 2.75) is 6.42 Å². The fourth-order valence-corrected chi connectivity index (χ4v) is 1.38. The molecule has 2 rings (SSSR count). The fourth-order valence-electron chi connectivity index (χ4n) is 1.38. The van der Waals surface area contributed by atoms with E-state index in [0.717, 1.165) is 0 Å². The average Bonchev–Trinajstić information content (AvgIpc) is 2.62. The SMILES string of the molecule is O=[N+]([O-])c1cc2c(c([N+](=O)[O-])n1)OCC2. The van der Waals surface area contributed by atoms with E-state index in [1.165, 1.54) is 6.07 Å². The maximum atomic E-state index is 10.6. The maximum absolute atomic E-state index is 10.6. The number of hydrogen-bond acceptors (Lipinski definition) is 6. The van der Waals surface area contributed by atoms with E-state index < -0.39 is 21.5 Å². The lowest BCUT2D eigenvalue weighted by Crippen LogP contribution is -2.00. The van der Waals surface area contributed by atoms with E-state index in [-0.39, 0.29) is 5.75 Å². The number of hydrogen-bond donors (Lipinski definition) is 0. The van der Waals surface area contributed by atoms with Gasteiger partial charge in [-0.15, -0.1) is 0 Å². The van der Waals surface area contributed by atoms with Gasteiger partial charge in [0, 0.05) is 23.0 Å². The molecule has 8 heteroatoms. The predicted molar refractivity (Wildman–Crippen MR) is 46.7 cm³/mol. The zero-order valence-corrected chi connectivity index (χ0v) is 7.37. The first-order valence-electron chi connectivity index (χ1n) is 4.05. The summed E-state index contributed by atoms with van der Waals surface area (Å²) in [6.07, 6.45) is 0.430. The van der Waals surface area contributed by atoms with Crippen LogP contribution in [0.25, 0.3) is 0 Å². The summed E-state index contributed by atoms with van der Waals surface area (Å²) in [4.78, 5) is 22.8. The third kappa shape index (κ3) is 1.45. The molecule has 1 aliphatic heterocycles.